The van der Waals surface area contributed by atoms with E-state index in [2.05, 4.69) is 5.32 Å². The molecule has 1 saturated heterocycles. The van der Waals surface area contributed by atoms with Crippen LogP contribution in [0.25, 0.3) is 0 Å². The number of benzene rings is 2. The smallest absolute Gasteiger partial charge is 0.322 e. The maximum absolute atomic E-state index is 13.0. The van der Waals surface area contributed by atoms with E-state index in [4.69, 9.17) is 16.3 Å². The lowest BCUT2D eigenvalue weighted by Crippen LogP contribution is -2.71. The molecule has 4 rings (SSSR count). The van der Waals surface area contributed by atoms with Crippen LogP contribution < -0.4 is 10.2 Å². The van der Waals surface area contributed by atoms with Crippen molar-refractivity contribution in [2.24, 2.45) is 0 Å². The molecule has 3 atom stereocenters. The van der Waals surface area contributed by atoms with Crippen molar-refractivity contribution < 1.29 is 19.4 Å². The molecule has 8 heteroatoms. The number of hydrogen-bond donors (Lipinski definition) is 2. The molecule has 3 amide bonds. The molecule has 2 aromatic carbocycles. The van der Waals surface area contributed by atoms with Crippen LogP contribution in [0.3, 0.4) is 0 Å². The Labute approximate surface area is 173 Å². The van der Waals surface area contributed by atoms with Crippen LogP contribution in [0.1, 0.15) is 11.5 Å². The fourth-order valence-corrected chi connectivity index (χ4v) is 4.53. The first-order valence-corrected chi connectivity index (χ1v) is 9.77. The summed E-state index contributed by atoms with van der Waals surface area (Å²) in [5, 5.41) is 13.3. The van der Waals surface area contributed by atoms with E-state index in [0.717, 1.165) is 11.3 Å². The van der Waals surface area contributed by atoms with Gasteiger partial charge in [-0.3, -0.25) is 4.79 Å². The van der Waals surface area contributed by atoms with Gasteiger partial charge in [-0.15, -0.1) is 0 Å². The molecule has 2 aromatic rings. The number of aliphatic hydroxyl groups is 1. The van der Waals surface area contributed by atoms with Crippen LogP contribution in [0.5, 0.6) is 0 Å². The van der Waals surface area contributed by atoms with E-state index < -0.39 is 0 Å². The Morgan fingerprint density at radius 1 is 1.21 bits per heavy atom. The molecule has 0 unspecified atom stereocenters. The minimum atomic E-state index is -0.372. The number of carbonyl (C=O) groups is 2. The predicted octanol–water partition coefficient (Wildman–Crippen LogP) is 2.69. The number of halogens is 1. The van der Waals surface area contributed by atoms with Crippen molar-refractivity contribution >= 4 is 34.9 Å². The van der Waals surface area contributed by atoms with Gasteiger partial charge in [0.05, 0.1) is 29.4 Å². The number of methoxy groups -OCH3 is 1. The molecule has 0 aromatic heterocycles. The van der Waals surface area contributed by atoms with Crippen LogP contribution in [-0.2, 0) is 9.53 Å². The second-order valence-electron chi connectivity index (χ2n) is 7.16. The van der Waals surface area contributed by atoms with Gasteiger partial charge in [0, 0.05) is 25.3 Å². The molecule has 0 radical (unpaired) electrons. The van der Waals surface area contributed by atoms with E-state index in [1.165, 1.54) is 7.11 Å². The first-order valence-electron chi connectivity index (χ1n) is 9.39. The van der Waals surface area contributed by atoms with E-state index in [-0.39, 0.29) is 43.2 Å². The summed E-state index contributed by atoms with van der Waals surface area (Å²) < 4.78 is 5.02. The van der Waals surface area contributed by atoms with Crippen LogP contribution >= 0.6 is 11.6 Å². The van der Waals surface area contributed by atoms with Crippen LogP contribution in [0.15, 0.2) is 48.5 Å². The third-order valence-corrected chi connectivity index (χ3v) is 5.94. The fourth-order valence-electron chi connectivity index (χ4n) is 4.35. The molecule has 1 fully saturated rings. The maximum atomic E-state index is 13.0. The normalized spacial score (nSPS) is 22.4. The molecule has 0 saturated carbocycles. The highest BCUT2D eigenvalue weighted by atomic mass is 35.5. The minimum Gasteiger partial charge on any atom is -0.394 e. The number of likely N-dealkylation sites (tertiary alicyclic amines) is 1. The van der Waals surface area contributed by atoms with Crippen molar-refractivity contribution in [2.75, 3.05) is 37.1 Å². The largest absolute Gasteiger partial charge is 0.394 e. The molecular weight excluding hydrogens is 394 g/mol. The van der Waals surface area contributed by atoms with E-state index in [9.17, 15) is 14.7 Å². The average Bonchev–Trinajstić information content (AvgIpc) is 2.70. The van der Waals surface area contributed by atoms with Crippen molar-refractivity contribution in [3.05, 3.63) is 59.1 Å². The highest BCUT2D eigenvalue weighted by Crippen LogP contribution is 2.48. The van der Waals surface area contributed by atoms with E-state index >= 15 is 0 Å². The second-order valence-corrected chi connectivity index (χ2v) is 7.56. The van der Waals surface area contributed by atoms with Gasteiger partial charge in [-0.05, 0) is 23.8 Å². The summed E-state index contributed by atoms with van der Waals surface area (Å²) >= 11 is 6.16. The minimum absolute atomic E-state index is 0.0407. The van der Waals surface area contributed by atoms with E-state index in [0.29, 0.717) is 17.3 Å². The van der Waals surface area contributed by atoms with Gasteiger partial charge in [0.15, 0.2) is 0 Å². The van der Waals surface area contributed by atoms with Gasteiger partial charge in [-0.25, -0.2) is 4.79 Å². The molecule has 7 nitrogen and oxygen atoms in total. The zero-order valence-electron chi connectivity index (χ0n) is 15.9. The standard InChI is InChI=1S/C21H22ClN3O4/c1-29-12-19(27)24-10-17-20(13-6-2-5-9-16(13)24)18(11-26)25(17)21(28)23-15-8-4-3-7-14(15)22/h2-9,17-18,20,26H,10-12H2,1H3,(H,23,28)/t17-,18-,20+/m1/s1. The Morgan fingerprint density at radius 2 is 1.93 bits per heavy atom. The Hall–Kier alpha value is -2.61. The van der Waals surface area contributed by atoms with E-state index in [1.807, 2.05) is 24.3 Å². The number of hydrogen-bond acceptors (Lipinski definition) is 4. The number of rotatable bonds is 4. The molecule has 2 N–H and O–H groups in total. The summed E-state index contributed by atoms with van der Waals surface area (Å²) in [6.45, 7) is 0.134. The van der Waals surface area contributed by atoms with Gasteiger partial charge < -0.3 is 25.0 Å². The number of anilines is 2. The third kappa shape index (κ3) is 3.35. The quantitative estimate of drug-likeness (QED) is 0.804. The average molecular weight is 416 g/mol. The molecule has 2 aliphatic rings. The molecule has 2 heterocycles. The van der Waals surface area contributed by atoms with Gasteiger partial charge in [-0.2, -0.15) is 0 Å². The number of aliphatic hydroxyl groups excluding tert-OH is 1. The monoisotopic (exact) mass is 415 g/mol. The summed E-state index contributed by atoms with van der Waals surface area (Å²) in [5.41, 5.74) is 2.26. The molecule has 0 bridgehead atoms. The van der Waals surface area contributed by atoms with Crippen molar-refractivity contribution in [2.45, 2.75) is 18.0 Å². The van der Waals surface area contributed by atoms with Crippen LogP contribution in [0, 0.1) is 0 Å². The lowest BCUT2D eigenvalue weighted by atomic mass is 9.72. The molecular formula is C21H22ClN3O4. The third-order valence-electron chi connectivity index (χ3n) is 5.61. The molecule has 2 aliphatic heterocycles. The number of amides is 3. The highest BCUT2D eigenvalue weighted by molar-refractivity contribution is 6.33. The molecule has 152 valence electrons. The van der Waals surface area contributed by atoms with Gasteiger partial charge in [0.2, 0.25) is 0 Å². The SMILES string of the molecule is COCC(=O)N1C[C@@H]2[C@H](c3ccccc31)[C@@H](CO)N2C(=O)Nc1ccccc1Cl. The van der Waals surface area contributed by atoms with Crippen LogP contribution in [-0.4, -0.2) is 60.9 Å². The predicted molar refractivity (Wildman–Crippen MR) is 110 cm³/mol. The fraction of sp³-hybridized carbons (Fsp3) is 0.333. The number of urea groups is 1. The molecule has 0 aliphatic carbocycles. The van der Waals surface area contributed by atoms with E-state index in [1.54, 1.807) is 34.1 Å². The van der Waals surface area contributed by atoms with Gasteiger partial charge in [0.25, 0.3) is 5.91 Å². The number of nitrogens with zero attached hydrogens (tertiary/aromatic N) is 2. The Kier molecular flexibility index (Phi) is 5.45. The van der Waals surface area contributed by atoms with Gasteiger partial charge in [-0.1, -0.05) is 41.9 Å². The second kappa shape index (κ2) is 8.02. The summed E-state index contributed by atoms with van der Waals surface area (Å²) in [5.74, 6) is -0.211. The first kappa shape index (κ1) is 19.7. The van der Waals surface area contributed by atoms with Crippen molar-refractivity contribution in [1.29, 1.82) is 0 Å². The Bertz CT molecular complexity index is 938. The Balaban J connectivity index is 1.63. The topological polar surface area (TPSA) is 82.1 Å². The molecule has 29 heavy (non-hydrogen) atoms. The highest BCUT2D eigenvalue weighted by Gasteiger charge is 2.55. The summed E-state index contributed by atoms with van der Waals surface area (Å²) in [7, 11) is 1.48. The Morgan fingerprint density at radius 3 is 2.66 bits per heavy atom. The lowest BCUT2D eigenvalue weighted by molar-refractivity contribution is -0.123. The zero-order chi connectivity index (χ0) is 20.5. The summed E-state index contributed by atoms with van der Waals surface area (Å²) in [6.07, 6.45) is 0. The van der Waals surface area contributed by atoms with Gasteiger partial charge >= 0.3 is 6.03 Å². The number of ether oxygens (including phenoxy) is 1. The summed E-state index contributed by atoms with van der Waals surface area (Å²) in [4.78, 5) is 28.9. The van der Waals surface area contributed by atoms with Crippen LogP contribution in [0.2, 0.25) is 5.02 Å². The van der Waals surface area contributed by atoms with Crippen molar-refractivity contribution in [3.8, 4) is 0 Å². The molecule has 0 spiro atoms. The number of para-hydroxylation sites is 2. The number of carbonyl (C=O) groups excluding carboxylic acids is 2. The maximum Gasteiger partial charge on any atom is 0.322 e. The summed E-state index contributed by atoms with van der Waals surface area (Å²) in [6, 6.07) is 13.6. The first-order chi connectivity index (χ1) is 14.1. The van der Waals surface area contributed by atoms with Crippen molar-refractivity contribution in [1.82, 2.24) is 4.90 Å². The lowest BCUT2D eigenvalue weighted by Gasteiger charge is -2.58. The zero-order valence-corrected chi connectivity index (χ0v) is 16.7. The number of fused-ring (bicyclic) bond motifs is 3. The van der Waals surface area contributed by atoms with Crippen LogP contribution in [0.4, 0.5) is 16.2 Å². The van der Waals surface area contributed by atoms with Gasteiger partial charge in [0.1, 0.15) is 6.61 Å². The number of nitrogens with one attached hydrogen (secondary N) is 1. The van der Waals surface area contributed by atoms with Crippen molar-refractivity contribution in [3.63, 3.8) is 0 Å².